The number of para-hydroxylation sites is 2. The Hall–Kier alpha value is -2.19. The van der Waals surface area contributed by atoms with Crippen LogP contribution in [0.4, 0.5) is 0 Å². The van der Waals surface area contributed by atoms with E-state index in [0.29, 0.717) is 0 Å². The number of benzene rings is 3. The second kappa shape index (κ2) is 5.30. The van der Waals surface area contributed by atoms with Crippen LogP contribution in [-0.4, -0.2) is 3.97 Å². The van der Waals surface area contributed by atoms with Crippen LogP contribution in [0.1, 0.15) is 5.56 Å². The first kappa shape index (κ1) is 12.5. The molecule has 1 nitrogen and oxygen atoms in total. The number of hydrogen-bond donors (Lipinski definition) is 0. The monoisotopic (exact) mass is 289 g/mol. The quantitative estimate of drug-likeness (QED) is 0.482. The van der Waals surface area contributed by atoms with Crippen LogP contribution in [0.5, 0.6) is 0 Å². The summed E-state index contributed by atoms with van der Waals surface area (Å²) in [5, 5.41) is 2.65. The van der Waals surface area contributed by atoms with Crippen LogP contribution < -0.4 is 0 Å². The Labute approximate surface area is 128 Å². The number of nitrogens with zero attached hydrogens (tertiary/aromatic N) is 1. The normalized spacial score (nSPS) is 11.2. The summed E-state index contributed by atoms with van der Waals surface area (Å²) < 4.78 is 2.36. The molecule has 4 aromatic rings. The summed E-state index contributed by atoms with van der Waals surface area (Å²) in [4.78, 5) is 0. The molecule has 102 valence electrons. The molecule has 0 fully saturated rings. The van der Waals surface area contributed by atoms with E-state index in [4.69, 9.17) is 0 Å². The molecule has 0 unspecified atom stereocenters. The second-order valence-electron chi connectivity index (χ2n) is 5.09. The average Bonchev–Trinajstić information content (AvgIpc) is 2.88. The number of hydrogen-bond acceptors (Lipinski definition) is 1. The topological polar surface area (TPSA) is 4.93 Å². The zero-order valence-corrected chi connectivity index (χ0v) is 12.4. The summed E-state index contributed by atoms with van der Waals surface area (Å²) in [6.45, 7) is 0. The van der Waals surface area contributed by atoms with Gasteiger partial charge < -0.3 is 0 Å². The summed E-state index contributed by atoms with van der Waals surface area (Å²) in [6, 6.07) is 27.9. The molecule has 0 aliphatic carbocycles. The van der Waals surface area contributed by atoms with Gasteiger partial charge in [0.1, 0.15) is 0 Å². The minimum absolute atomic E-state index is 0.976. The molecule has 0 saturated heterocycles. The molecular weight excluding hydrogens is 274 g/mol. The molecule has 1 heterocycles. The molecule has 21 heavy (non-hydrogen) atoms. The van der Waals surface area contributed by atoms with Crippen LogP contribution >= 0.6 is 11.9 Å². The highest BCUT2D eigenvalue weighted by molar-refractivity contribution is 7.97. The van der Waals surface area contributed by atoms with Crippen LogP contribution in [-0.2, 0) is 5.75 Å². The Kier molecular flexibility index (Phi) is 3.17. The third-order valence-corrected chi connectivity index (χ3v) is 4.85. The van der Waals surface area contributed by atoms with E-state index in [1.165, 1.54) is 27.4 Å². The maximum atomic E-state index is 2.36. The maximum Gasteiger partial charge on any atom is 0.0604 e. The molecule has 2 heteroatoms. The van der Waals surface area contributed by atoms with Crippen LogP contribution in [0, 0.1) is 0 Å². The molecule has 0 spiro atoms. The van der Waals surface area contributed by atoms with Crippen LogP contribution in [0.3, 0.4) is 0 Å². The van der Waals surface area contributed by atoms with Crippen molar-refractivity contribution in [2.75, 3.05) is 0 Å². The fraction of sp³-hybridized carbons (Fsp3) is 0.0526. The van der Waals surface area contributed by atoms with Gasteiger partial charge >= 0.3 is 0 Å². The van der Waals surface area contributed by atoms with Crippen molar-refractivity contribution in [1.82, 2.24) is 3.97 Å². The van der Waals surface area contributed by atoms with Crippen molar-refractivity contribution in [2.24, 2.45) is 0 Å². The van der Waals surface area contributed by atoms with Gasteiger partial charge in [-0.1, -0.05) is 66.7 Å². The van der Waals surface area contributed by atoms with Crippen molar-refractivity contribution in [2.45, 2.75) is 5.75 Å². The smallest absolute Gasteiger partial charge is 0.0604 e. The Balaban J connectivity index is 1.82. The third-order valence-electron chi connectivity index (χ3n) is 3.74. The van der Waals surface area contributed by atoms with Crippen molar-refractivity contribution in [3.63, 3.8) is 0 Å². The van der Waals surface area contributed by atoms with E-state index in [-0.39, 0.29) is 0 Å². The van der Waals surface area contributed by atoms with Crippen LogP contribution in [0.2, 0.25) is 0 Å². The summed E-state index contributed by atoms with van der Waals surface area (Å²) in [5.41, 5.74) is 3.93. The van der Waals surface area contributed by atoms with Crippen molar-refractivity contribution in [3.05, 3.63) is 84.4 Å². The lowest BCUT2D eigenvalue weighted by Crippen LogP contribution is -1.88. The van der Waals surface area contributed by atoms with Gasteiger partial charge in [0.2, 0.25) is 0 Å². The van der Waals surface area contributed by atoms with Crippen LogP contribution in [0.25, 0.3) is 21.8 Å². The van der Waals surface area contributed by atoms with Gasteiger partial charge in [0, 0.05) is 16.5 Å². The van der Waals surface area contributed by atoms with Crippen molar-refractivity contribution in [1.29, 1.82) is 0 Å². The molecular formula is C19H15NS. The summed E-state index contributed by atoms with van der Waals surface area (Å²) >= 11 is 1.86. The largest absolute Gasteiger partial charge is 0.283 e. The Bertz CT molecular complexity index is 840. The molecule has 4 rings (SSSR count). The lowest BCUT2D eigenvalue weighted by molar-refractivity contribution is 1.35. The molecule has 0 atom stereocenters. The lowest BCUT2D eigenvalue weighted by atomic mass is 10.2. The average molecular weight is 289 g/mol. The van der Waals surface area contributed by atoms with E-state index >= 15 is 0 Å². The van der Waals surface area contributed by atoms with E-state index < -0.39 is 0 Å². The zero-order valence-electron chi connectivity index (χ0n) is 11.6. The van der Waals surface area contributed by atoms with E-state index in [0.717, 1.165) is 5.75 Å². The fourth-order valence-corrected chi connectivity index (χ4v) is 3.81. The molecule has 0 saturated carbocycles. The van der Waals surface area contributed by atoms with E-state index in [1.807, 2.05) is 11.9 Å². The zero-order chi connectivity index (χ0) is 14.1. The summed E-state index contributed by atoms with van der Waals surface area (Å²) in [6.07, 6.45) is 0. The number of fused-ring (bicyclic) bond motifs is 3. The van der Waals surface area contributed by atoms with Crippen molar-refractivity contribution in [3.8, 4) is 0 Å². The first-order valence-electron chi connectivity index (χ1n) is 7.09. The molecule has 3 aromatic carbocycles. The van der Waals surface area contributed by atoms with Gasteiger partial charge in [-0.2, -0.15) is 0 Å². The predicted molar refractivity (Wildman–Crippen MR) is 92.6 cm³/mol. The Morgan fingerprint density at radius 2 is 1.14 bits per heavy atom. The molecule has 1 aromatic heterocycles. The highest BCUT2D eigenvalue weighted by Crippen LogP contribution is 2.33. The molecule has 0 N–H and O–H groups in total. The third kappa shape index (κ3) is 2.22. The first-order valence-corrected chi connectivity index (χ1v) is 8.03. The van der Waals surface area contributed by atoms with Crippen molar-refractivity contribution < 1.29 is 0 Å². The number of rotatable bonds is 3. The maximum absolute atomic E-state index is 2.36. The highest BCUT2D eigenvalue weighted by atomic mass is 32.2. The summed E-state index contributed by atoms with van der Waals surface area (Å²) in [5.74, 6) is 0.976. The number of aromatic nitrogens is 1. The molecule has 0 bridgehead atoms. The molecule has 0 aliphatic heterocycles. The second-order valence-corrected chi connectivity index (χ2v) is 6.00. The van der Waals surface area contributed by atoms with Gasteiger partial charge in [-0.05, 0) is 29.6 Å². The van der Waals surface area contributed by atoms with E-state index in [2.05, 4.69) is 82.8 Å². The van der Waals surface area contributed by atoms with Gasteiger partial charge in [-0.3, -0.25) is 3.97 Å². The molecule has 0 aliphatic rings. The molecule has 0 radical (unpaired) electrons. The van der Waals surface area contributed by atoms with E-state index in [9.17, 15) is 0 Å². The minimum Gasteiger partial charge on any atom is -0.283 e. The van der Waals surface area contributed by atoms with Gasteiger partial charge in [0.25, 0.3) is 0 Å². The molecule has 0 amide bonds. The highest BCUT2D eigenvalue weighted by Gasteiger charge is 2.09. The minimum atomic E-state index is 0.976. The SMILES string of the molecule is c1ccc(CSn2c3ccccc3c3ccccc32)cc1. The van der Waals surface area contributed by atoms with Crippen molar-refractivity contribution >= 4 is 33.8 Å². The van der Waals surface area contributed by atoms with Gasteiger partial charge in [0.15, 0.2) is 0 Å². The summed E-state index contributed by atoms with van der Waals surface area (Å²) in [7, 11) is 0. The van der Waals surface area contributed by atoms with Gasteiger partial charge in [-0.15, -0.1) is 0 Å². The fourth-order valence-electron chi connectivity index (χ4n) is 2.74. The van der Waals surface area contributed by atoms with Gasteiger partial charge in [0.05, 0.1) is 11.0 Å². The van der Waals surface area contributed by atoms with Gasteiger partial charge in [-0.25, -0.2) is 0 Å². The Morgan fingerprint density at radius 1 is 0.619 bits per heavy atom. The standard InChI is InChI=1S/C19H15NS/c1-2-8-15(9-3-1)14-21-20-18-12-6-4-10-16(18)17-11-5-7-13-19(17)20/h1-13H,14H2. The Morgan fingerprint density at radius 3 is 1.76 bits per heavy atom. The van der Waals surface area contributed by atoms with Crippen LogP contribution in [0.15, 0.2) is 78.9 Å². The lowest BCUT2D eigenvalue weighted by Gasteiger charge is -2.06. The first-order chi connectivity index (χ1) is 10.4. The predicted octanol–water partition coefficient (Wildman–Crippen LogP) is 5.49. The van der Waals surface area contributed by atoms with E-state index in [1.54, 1.807) is 0 Å².